The molecule has 0 saturated carbocycles. The molecule has 0 radical (unpaired) electrons. The highest BCUT2D eigenvalue weighted by molar-refractivity contribution is 8.19. The second-order valence-electron chi connectivity index (χ2n) is 6.01. The van der Waals surface area contributed by atoms with Crippen molar-refractivity contribution in [1.29, 1.82) is 0 Å². The number of hydrogen-bond donors (Lipinski definition) is 1. The van der Waals surface area contributed by atoms with Crippen molar-refractivity contribution in [3.63, 3.8) is 0 Å². The van der Waals surface area contributed by atoms with Crippen LogP contribution < -0.4 is 9.64 Å². The zero-order valence-corrected chi connectivity index (χ0v) is 17.0. The number of nitrogens with zero attached hydrogens (tertiary/aromatic N) is 2. The lowest BCUT2D eigenvalue weighted by molar-refractivity contribution is -0.113. The van der Waals surface area contributed by atoms with Crippen molar-refractivity contribution >= 4 is 46.2 Å². The fourth-order valence-electron chi connectivity index (χ4n) is 2.62. The number of aliphatic hydroxyl groups is 1. The highest BCUT2D eigenvalue weighted by atomic mass is 35.5. The van der Waals surface area contributed by atoms with Crippen molar-refractivity contribution in [1.82, 2.24) is 0 Å². The average molecular weight is 417 g/mol. The van der Waals surface area contributed by atoms with Gasteiger partial charge in [0.25, 0.3) is 5.91 Å². The molecule has 0 spiro atoms. The first kappa shape index (κ1) is 20.5. The van der Waals surface area contributed by atoms with Crippen LogP contribution in [0.15, 0.2) is 58.4 Å². The van der Waals surface area contributed by atoms with Crippen LogP contribution in [0.4, 0.5) is 5.69 Å². The fraction of sp³-hybridized carbons (Fsp3) is 0.238. The molecular formula is C21H21ClN2O3S. The Labute approximate surface area is 173 Å². The van der Waals surface area contributed by atoms with Crippen LogP contribution in [0, 0.1) is 0 Å². The number of benzene rings is 2. The Hall–Kier alpha value is -2.28. The molecule has 2 aromatic rings. The normalized spacial score (nSPS) is 17.0. The summed E-state index contributed by atoms with van der Waals surface area (Å²) in [6.07, 6.45) is 2.71. The van der Waals surface area contributed by atoms with Crippen molar-refractivity contribution in [2.24, 2.45) is 4.99 Å². The Balaban J connectivity index is 1.90. The van der Waals surface area contributed by atoms with E-state index in [1.807, 2.05) is 36.4 Å². The van der Waals surface area contributed by atoms with Gasteiger partial charge in [-0.1, -0.05) is 42.8 Å². The first-order valence-electron chi connectivity index (χ1n) is 9.00. The fourth-order valence-corrected chi connectivity index (χ4v) is 3.87. The van der Waals surface area contributed by atoms with E-state index >= 15 is 0 Å². The van der Waals surface area contributed by atoms with Gasteiger partial charge < -0.3 is 9.84 Å². The van der Waals surface area contributed by atoms with Crippen molar-refractivity contribution in [2.45, 2.75) is 13.3 Å². The highest BCUT2D eigenvalue weighted by Gasteiger charge is 2.34. The number of amides is 1. The maximum atomic E-state index is 13.0. The zero-order chi connectivity index (χ0) is 19.9. The van der Waals surface area contributed by atoms with Crippen LogP contribution in [0.25, 0.3) is 6.08 Å². The Morgan fingerprint density at radius 3 is 2.71 bits per heavy atom. The molecular weight excluding hydrogens is 396 g/mol. The van der Waals surface area contributed by atoms with Gasteiger partial charge in [0.1, 0.15) is 12.4 Å². The monoisotopic (exact) mass is 416 g/mol. The van der Waals surface area contributed by atoms with Crippen LogP contribution in [0.2, 0.25) is 5.02 Å². The van der Waals surface area contributed by atoms with Crippen LogP contribution in [0.1, 0.15) is 18.9 Å². The molecule has 0 aliphatic carbocycles. The summed E-state index contributed by atoms with van der Waals surface area (Å²) in [6.45, 7) is 2.81. The largest absolute Gasteiger partial charge is 0.490 e. The van der Waals surface area contributed by atoms with E-state index in [-0.39, 0.29) is 19.1 Å². The number of amidine groups is 1. The molecule has 28 heavy (non-hydrogen) atoms. The highest BCUT2D eigenvalue weighted by Crippen LogP contribution is 2.36. The van der Waals surface area contributed by atoms with Gasteiger partial charge in [0.2, 0.25) is 0 Å². The summed E-state index contributed by atoms with van der Waals surface area (Å²) in [7, 11) is 0. The van der Waals surface area contributed by atoms with Gasteiger partial charge in [-0.15, -0.1) is 0 Å². The molecule has 1 fully saturated rings. The van der Waals surface area contributed by atoms with Gasteiger partial charge in [-0.2, -0.15) is 0 Å². The molecule has 0 aromatic heterocycles. The van der Waals surface area contributed by atoms with E-state index in [9.17, 15) is 4.79 Å². The van der Waals surface area contributed by atoms with Gasteiger partial charge in [-0.25, -0.2) is 0 Å². The van der Waals surface area contributed by atoms with E-state index in [2.05, 4.69) is 11.9 Å². The molecule has 7 heteroatoms. The number of halogens is 1. The van der Waals surface area contributed by atoms with Gasteiger partial charge in [-0.05, 0) is 54.1 Å². The quantitative estimate of drug-likeness (QED) is 0.670. The predicted octanol–water partition coefficient (Wildman–Crippen LogP) is 4.60. The molecule has 0 unspecified atom stereocenters. The topological polar surface area (TPSA) is 62.1 Å². The van der Waals surface area contributed by atoms with Crippen molar-refractivity contribution < 1.29 is 14.6 Å². The Morgan fingerprint density at radius 1 is 1.25 bits per heavy atom. The first-order valence-corrected chi connectivity index (χ1v) is 10.2. The zero-order valence-electron chi connectivity index (χ0n) is 15.5. The van der Waals surface area contributed by atoms with E-state index in [1.165, 1.54) is 11.8 Å². The molecule has 3 rings (SSSR count). The molecule has 0 atom stereocenters. The third kappa shape index (κ3) is 4.76. The van der Waals surface area contributed by atoms with E-state index < -0.39 is 0 Å². The van der Waals surface area contributed by atoms with E-state index in [4.69, 9.17) is 21.4 Å². The molecule has 1 N–H and O–H groups in total. The lowest BCUT2D eigenvalue weighted by atomic mass is 10.2. The molecule has 1 aliphatic heterocycles. The lowest BCUT2D eigenvalue weighted by Gasteiger charge is -2.15. The molecule has 0 bridgehead atoms. The molecule has 1 heterocycles. The summed E-state index contributed by atoms with van der Waals surface area (Å²) in [6, 6.07) is 14.8. The lowest BCUT2D eigenvalue weighted by Crippen LogP contribution is -2.28. The van der Waals surface area contributed by atoms with Crippen molar-refractivity contribution in [3.8, 4) is 5.75 Å². The van der Waals surface area contributed by atoms with Crippen molar-refractivity contribution in [3.05, 3.63) is 64.0 Å². The summed E-state index contributed by atoms with van der Waals surface area (Å²) in [4.78, 5) is 19.9. The molecule has 1 amide bonds. The number of carbonyl (C=O) groups excluding carboxylic acids is 1. The van der Waals surface area contributed by atoms with Gasteiger partial charge in [0.15, 0.2) is 5.17 Å². The van der Waals surface area contributed by atoms with E-state index in [1.54, 1.807) is 23.1 Å². The minimum atomic E-state index is -0.109. The Bertz CT molecular complexity index is 900. The standard InChI is InChI=1S/C21H21ClN2O3S/c1-2-10-23-21-24(16-6-4-3-5-7-16)20(26)19(28-21)14-15-8-9-18(17(22)13-15)27-12-11-25/h3-9,13-14,25H,2,10-12H2,1H3/b19-14-,23-21?. The Morgan fingerprint density at radius 2 is 2.04 bits per heavy atom. The van der Waals surface area contributed by atoms with E-state index in [0.717, 1.165) is 17.7 Å². The van der Waals surface area contributed by atoms with Gasteiger partial charge in [0, 0.05) is 6.54 Å². The summed E-state index contributed by atoms with van der Waals surface area (Å²) in [5.41, 5.74) is 1.59. The Kier molecular flexibility index (Phi) is 7.14. The second-order valence-corrected chi connectivity index (χ2v) is 7.43. The summed E-state index contributed by atoms with van der Waals surface area (Å²) >= 11 is 7.61. The predicted molar refractivity (Wildman–Crippen MR) is 116 cm³/mol. The number of anilines is 1. The van der Waals surface area contributed by atoms with Crippen molar-refractivity contribution in [2.75, 3.05) is 24.7 Å². The minimum Gasteiger partial charge on any atom is -0.490 e. The summed E-state index contributed by atoms with van der Waals surface area (Å²) in [5, 5.41) is 9.97. The van der Waals surface area contributed by atoms with Crippen LogP contribution >= 0.6 is 23.4 Å². The average Bonchev–Trinajstić information content (AvgIpc) is 3.01. The first-order chi connectivity index (χ1) is 13.6. The van der Waals surface area contributed by atoms with Crippen LogP contribution in [0.5, 0.6) is 5.75 Å². The molecule has 146 valence electrons. The summed E-state index contributed by atoms with van der Waals surface area (Å²) < 4.78 is 5.37. The minimum absolute atomic E-state index is 0.0809. The molecule has 2 aromatic carbocycles. The number of carbonyl (C=O) groups is 1. The molecule has 1 aliphatic rings. The van der Waals surface area contributed by atoms with Gasteiger partial charge in [0.05, 0.1) is 22.2 Å². The third-order valence-electron chi connectivity index (χ3n) is 3.89. The molecule has 5 nitrogen and oxygen atoms in total. The third-order valence-corrected chi connectivity index (χ3v) is 5.20. The number of aliphatic imine (C=N–C) groups is 1. The maximum Gasteiger partial charge on any atom is 0.271 e. The number of thioether (sulfide) groups is 1. The van der Waals surface area contributed by atoms with E-state index in [0.29, 0.717) is 27.4 Å². The number of aliphatic hydroxyl groups excluding tert-OH is 1. The number of hydrogen-bond acceptors (Lipinski definition) is 5. The smallest absolute Gasteiger partial charge is 0.271 e. The number of para-hydroxylation sites is 1. The van der Waals surface area contributed by atoms with Crippen LogP contribution in [-0.2, 0) is 4.79 Å². The molecule has 1 saturated heterocycles. The van der Waals surface area contributed by atoms with Gasteiger partial charge in [-0.3, -0.25) is 14.7 Å². The number of ether oxygens (including phenoxy) is 1. The second kappa shape index (κ2) is 9.78. The number of rotatable bonds is 7. The maximum absolute atomic E-state index is 13.0. The van der Waals surface area contributed by atoms with Gasteiger partial charge >= 0.3 is 0 Å². The SMILES string of the molecule is CCCN=C1S/C(=C\c2ccc(OCCO)c(Cl)c2)C(=O)N1c1ccccc1. The van der Waals surface area contributed by atoms with Crippen LogP contribution in [-0.4, -0.2) is 35.9 Å². The van der Waals surface area contributed by atoms with Crippen LogP contribution in [0.3, 0.4) is 0 Å². The summed E-state index contributed by atoms with van der Waals surface area (Å²) in [5.74, 6) is 0.391.